The van der Waals surface area contributed by atoms with E-state index in [0.29, 0.717) is 6.42 Å². The summed E-state index contributed by atoms with van der Waals surface area (Å²) in [6, 6.07) is 0. The van der Waals surface area contributed by atoms with E-state index in [1.165, 1.54) is 17.8 Å². The molecule has 39 heavy (non-hydrogen) atoms. The molecule has 220 valence electrons. The minimum atomic E-state index is -3.94. The van der Waals surface area contributed by atoms with Gasteiger partial charge < -0.3 is 20.7 Å². The standard InChI is InChI=1S/C23H39N6O8PS/c1-8-22(5,6)19(32)39-10-9-35-38(34,28-21(2,3)4)36-11-13-15(30)23(7,33)18(37-13)29-12-25-14-16(29)26-20(24)27-17(14)31/h12-13,15,18,30,33H,8-11H2,1-7H3,(H,28,34)(H3,24,26,27,31). The van der Waals surface area contributed by atoms with Crippen LogP contribution in [-0.2, 0) is 23.1 Å². The lowest BCUT2D eigenvalue weighted by Crippen LogP contribution is -2.44. The van der Waals surface area contributed by atoms with Crippen molar-refractivity contribution in [3.8, 4) is 0 Å². The van der Waals surface area contributed by atoms with Crippen molar-refractivity contribution in [2.45, 2.75) is 84.5 Å². The van der Waals surface area contributed by atoms with Crippen LogP contribution in [0.3, 0.4) is 0 Å². The second kappa shape index (κ2) is 11.6. The molecule has 6 N–H and O–H groups in total. The quantitative estimate of drug-likeness (QED) is 0.188. The van der Waals surface area contributed by atoms with Crippen LogP contribution < -0.4 is 16.4 Å². The van der Waals surface area contributed by atoms with Crippen molar-refractivity contribution in [1.29, 1.82) is 0 Å². The van der Waals surface area contributed by atoms with Crippen LogP contribution in [0, 0.1) is 5.41 Å². The van der Waals surface area contributed by atoms with Crippen molar-refractivity contribution < 1.29 is 33.4 Å². The van der Waals surface area contributed by atoms with Gasteiger partial charge in [-0.05, 0) is 34.1 Å². The van der Waals surface area contributed by atoms with Gasteiger partial charge in [0.1, 0.15) is 17.8 Å². The highest BCUT2D eigenvalue weighted by Crippen LogP contribution is 2.48. The molecule has 1 aliphatic rings. The van der Waals surface area contributed by atoms with Gasteiger partial charge >= 0.3 is 7.75 Å². The molecule has 0 aliphatic carbocycles. The van der Waals surface area contributed by atoms with E-state index in [-0.39, 0.29) is 34.6 Å². The molecule has 0 amide bonds. The summed E-state index contributed by atoms with van der Waals surface area (Å²) >= 11 is 1.10. The first-order chi connectivity index (χ1) is 17.9. The maximum atomic E-state index is 13.6. The van der Waals surface area contributed by atoms with Gasteiger partial charge in [-0.15, -0.1) is 0 Å². The average Bonchev–Trinajstić information content (AvgIpc) is 3.32. The predicted octanol–water partition coefficient (Wildman–Crippen LogP) is 1.94. The Morgan fingerprint density at radius 3 is 2.64 bits per heavy atom. The molecule has 3 rings (SSSR count). The third-order valence-electron chi connectivity index (χ3n) is 6.35. The molecule has 0 radical (unpaired) electrons. The van der Waals surface area contributed by atoms with Crippen molar-refractivity contribution in [3.05, 3.63) is 16.7 Å². The van der Waals surface area contributed by atoms with Gasteiger partial charge in [0.05, 0.1) is 19.5 Å². The van der Waals surface area contributed by atoms with E-state index in [9.17, 15) is 24.4 Å². The van der Waals surface area contributed by atoms with E-state index >= 15 is 0 Å². The number of aliphatic hydroxyl groups excluding tert-OH is 1. The van der Waals surface area contributed by atoms with Gasteiger partial charge in [0.15, 0.2) is 22.5 Å². The highest BCUT2D eigenvalue weighted by Gasteiger charge is 2.54. The number of nitrogens with zero attached hydrogens (tertiary/aromatic N) is 3. The topological polar surface area (TPSA) is 204 Å². The lowest BCUT2D eigenvalue weighted by Gasteiger charge is -2.29. The summed E-state index contributed by atoms with van der Waals surface area (Å²) in [4.78, 5) is 35.0. The van der Waals surface area contributed by atoms with E-state index in [4.69, 9.17) is 19.5 Å². The normalized spacial score (nSPS) is 25.7. The van der Waals surface area contributed by atoms with Crippen LogP contribution in [0.15, 0.2) is 11.1 Å². The molecule has 0 spiro atoms. The number of nitrogens with two attached hydrogens (primary N) is 1. The minimum Gasteiger partial charge on any atom is -0.387 e. The number of hydrogen-bond donors (Lipinski definition) is 5. The van der Waals surface area contributed by atoms with Crippen molar-refractivity contribution in [3.63, 3.8) is 0 Å². The zero-order valence-electron chi connectivity index (χ0n) is 23.3. The Labute approximate surface area is 231 Å². The van der Waals surface area contributed by atoms with E-state index in [1.54, 1.807) is 20.8 Å². The maximum Gasteiger partial charge on any atom is 0.406 e. The molecule has 5 atom stereocenters. The number of imidazole rings is 1. The number of aromatic nitrogens is 4. The number of thioether (sulfide) groups is 1. The smallest absolute Gasteiger partial charge is 0.387 e. The summed E-state index contributed by atoms with van der Waals surface area (Å²) in [5.41, 5.74) is 2.11. The highest BCUT2D eigenvalue weighted by molar-refractivity contribution is 8.13. The fourth-order valence-electron chi connectivity index (χ4n) is 3.81. The maximum absolute atomic E-state index is 13.6. The molecule has 1 aliphatic heterocycles. The van der Waals surface area contributed by atoms with Crippen LogP contribution in [0.1, 0.15) is 61.1 Å². The average molecular weight is 591 g/mol. The Morgan fingerprint density at radius 2 is 2.03 bits per heavy atom. The van der Waals surface area contributed by atoms with Gasteiger partial charge in [0, 0.05) is 16.7 Å². The third kappa shape index (κ3) is 7.27. The Balaban J connectivity index is 1.72. The highest BCUT2D eigenvalue weighted by atomic mass is 32.2. The van der Waals surface area contributed by atoms with Crippen LogP contribution in [0.5, 0.6) is 0 Å². The fraction of sp³-hybridized carbons (Fsp3) is 0.739. The van der Waals surface area contributed by atoms with E-state index in [2.05, 4.69) is 20.0 Å². The summed E-state index contributed by atoms with van der Waals surface area (Å²) in [6.45, 7) is 11.9. The zero-order valence-corrected chi connectivity index (χ0v) is 25.0. The largest absolute Gasteiger partial charge is 0.406 e. The van der Waals surface area contributed by atoms with Gasteiger partial charge in [-0.2, -0.15) is 4.98 Å². The molecule has 2 aromatic rings. The molecule has 0 bridgehead atoms. The van der Waals surface area contributed by atoms with Crippen molar-refractivity contribution >= 4 is 41.7 Å². The Hall–Kier alpha value is -1.84. The number of hydrogen-bond acceptors (Lipinski definition) is 12. The molecule has 2 aromatic heterocycles. The molecular formula is C23H39N6O8PS. The molecule has 0 saturated carbocycles. The number of carbonyl (C=O) groups excluding carboxylic acids is 1. The Kier molecular flexibility index (Phi) is 9.40. The van der Waals surface area contributed by atoms with Crippen molar-refractivity contribution in [1.82, 2.24) is 24.6 Å². The van der Waals surface area contributed by atoms with Gasteiger partial charge in [-0.25, -0.2) is 14.6 Å². The summed E-state index contributed by atoms with van der Waals surface area (Å²) in [5.74, 6) is 0.112. The summed E-state index contributed by atoms with van der Waals surface area (Å²) in [5, 5.41) is 24.8. The SMILES string of the molecule is CCC(C)(C)C(=O)SCCOP(=O)(NC(C)(C)C)OCC1OC(n2cnc3c(=O)[nH]c(N)nc32)C(C)(O)C1O. The first kappa shape index (κ1) is 31.7. The molecule has 16 heteroatoms. The summed E-state index contributed by atoms with van der Waals surface area (Å²) in [6.07, 6.45) is -1.90. The lowest BCUT2D eigenvalue weighted by atomic mass is 9.92. The number of rotatable bonds is 11. The Bertz CT molecular complexity index is 1290. The third-order valence-corrected chi connectivity index (χ3v) is 9.49. The number of aromatic amines is 1. The summed E-state index contributed by atoms with van der Waals surface area (Å²) < 4.78 is 32.0. The van der Waals surface area contributed by atoms with Crippen LogP contribution in [-0.4, -0.2) is 77.2 Å². The van der Waals surface area contributed by atoms with Crippen LogP contribution in [0.4, 0.5) is 5.95 Å². The van der Waals surface area contributed by atoms with Gasteiger partial charge in [-0.1, -0.05) is 32.5 Å². The number of aliphatic hydroxyl groups is 2. The van der Waals surface area contributed by atoms with Crippen molar-refractivity contribution in [2.75, 3.05) is 24.7 Å². The van der Waals surface area contributed by atoms with Gasteiger partial charge in [0.25, 0.3) is 5.56 Å². The number of nitrogen functional groups attached to an aromatic ring is 1. The van der Waals surface area contributed by atoms with Gasteiger partial charge in [0.2, 0.25) is 5.95 Å². The number of fused-ring (bicyclic) bond motifs is 1. The molecule has 1 fully saturated rings. The molecular weight excluding hydrogens is 551 g/mol. The number of H-pyrrole nitrogens is 1. The van der Waals surface area contributed by atoms with E-state index in [1.807, 2.05) is 20.8 Å². The van der Waals surface area contributed by atoms with Crippen LogP contribution in [0.25, 0.3) is 11.2 Å². The van der Waals surface area contributed by atoms with Crippen LogP contribution >= 0.6 is 19.5 Å². The molecule has 0 aromatic carbocycles. The molecule has 1 saturated heterocycles. The fourth-order valence-corrected chi connectivity index (χ4v) is 6.52. The first-order valence-electron chi connectivity index (χ1n) is 12.5. The monoisotopic (exact) mass is 590 g/mol. The minimum absolute atomic E-state index is 0.00847. The summed E-state index contributed by atoms with van der Waals surface area (Å²) in [7, 11) is -3.94. The predicted molar refractivity (Wildman–Crippen MR) is 147 cm³/mol. The first-order valence-corrected chi connectivity index (χ1v) is 15.1. The molecule has 5 unspecified atom stereocenters. The second-order valence-electron chi connectivity index (χ2n) is 11.3. The number of nitrogens with one attached hydrogen (secondary N) is 2. The lowest BCUT2D eigenvalue weighted by molar-refractivity contribution is -0.118. The Morgan fingerprint density at radius 1 is 1.36 bits per heavy atom. The molecule has 14 nitrogen and oxygen atoms in total. The second-order valence-corrected chi connectivity index (χ2v) is 14.1. The van der Waals surface area contributed by atoms with Crippen molar-refractivity contribution in [2.24, 2.45) is 5.41 Å². The van der Waals surface area contributed by atoms with E-state index < -0.39 is 54.9 Å². The number of carbonyl (C=O) groups is 1. The molecule has 3 heterocycles. The van der Waals surface area contributed by atoms with Gasteiger partial charge in [-0.3, -0.25) is 28.2 Å². The number of anilines is 1. The van der Waals surface area contributed by atoms with E-state index in [0.717, 1.165) is 11.8 Å². The zero-order chi connectivity index (χ0) is 29.4. The number of ether oxygens (including phenoxy) is 1. The van der Waals surface area contributed by atoms with Crippen LogP contribution in [0.2, 0.25) is 0 Å².